The van der Waals surface area contributed by atoms with Crippen molar-refractivity contribution in [2.75, 3.05) is 6.54 Å². The van der Waals surface area contributed by atoms with Gasteiger partial charge >= 0.3 is 0 Å². The third-order valence-electron chi connectivity index (χ3n) is 4.27. The zero-order valence-corrected chi connectivity index (χ0v) is 13.5. The van der Waals surface area contributed by atoms with Crippen LogP contribution in [0.5, 0.6) is 0 Å². The first kappa shape index (κ1) is 14.6. The number of nitrogens with one attached hydrogen (secondary N) is 1. The van der Waals surface area contributed by atoms with Crippen molar-refractivity contribution >= 4 is 11.6 Å². The zero-order chi connectivity index (χ0) is 14.8. The molecule has 0 spiro atoms. The Morgan fingerprint density at radius 2 is 2.14 bits per heavy atom. The highest BCUT2D eigenvalue weighted by Gasteiger charge is 2.17. The van der Waals surface area contributed by atoms with Crippen LogP contribution in [0.3, 0.4) is 0 Å². The number of rotatable bonds is 4. The van der Waals surface area contributed by atoms with Gasteiger partial charge in [0.1, 0.15) is 0 Å². The highest BCUT2D eigenvalue weighted by Crippen LogP contribution is 2.29. The smallest absolute Gasteiger partial charge is 0.0998 e. The van der Waals surface area contributed by atoms with Crippen LogP contribution in [0, 0.1) is 0 Å². The fourth-order valence-electron chi connectivity index (χ4n) is 3.09. The maximum absolute atomic E-state index is 6.53. The van der Waals surface area contributed by atoms with Crippen molar-refractivity contribution in [3.05, 3.63) is 46.5 Å². The van der Waals surface area contributed by atoms with Crippen LogP contribution in [0.25, 0.3) is 5.69 Å². The molecule has 112 valence electrons. The first-order chi connectivity index (χ1) is 10.2. The molecule has 21 heavy (non-hydrogen) atoms. The molecule has 1 aromatic carbocycles. The number of nitrogens with zero attached hydrogens (tertiary/aromatic N) is 2. The van der Waals surface area contributed by atoms with Crippen LogP contribution in [-0.2, 0) is 12.8 Å². The summed E-state index contributed by atoms with van der Waals surface area (Å²) in [6.07, 6.45) is 6.60. The van der Waals surface area contributed by atoms with Gasteiger partial charge < -0.3 is 9.88 Å². The maximum atomic E-state index is 6.53. The summed E-state index contributed by atoms with van der Waals surface area (Å²) in [5.74, 6) is 0. The third-order valence-corrected chi connectivity index (χ3v) is 4.57. The Morgan fingerprint density at radius 3 is 2.90 bits per heavy atom. The molecule has 1 N–H and O–H groups in total. The molecule has 0 radical (unpaired) electrons. The molecule has 0 saturated carbocycles. The fraction of sp³-hybridized carbons (Fsp3) is 0.471. The van der Waals surface area contributed by atoms with E-state index in [4.69, 9.17) is 11.6 Å². The summed E-state index contributed by atoms with van der Waals surface area (Å²) in [7, 11) is 0. The Morgan fingerprint density at radius 1 is 1.33 bits per heavy atom. The molecule has 2 aromatic rings. The molecule has 1 heterocycles. The molecular formula is C17H22ClN3. The number of hydrogen-bond acceptors (Lipinski definition) is 2. The highest BCUT2D eigenvalue weighted by molar-refractivity contribution is 6.32. The van der Waals surface area contributed by atoms with Gasteiger partial charge in [0.05, 0.1) is 22.7 Å². The number of halogens is 1. The Hall–Kier alpha value is -1.32. The van der Waals surface area contributed by atoms with Crippen molar-refractivity contribution in [2.24, 2.45) is 0 Å². The Bertz CT molecular complexity index is 633. The topological polar surface area (TPSA) is 29.9 Å². The Labute approximate surface area is 131 Å². The molecule has 3 rings (SSSR count). The van der Waals surface area contributed by atoms with E-state index in [-0.39, 0.29) is 0 Å². The van der Waals surface area contributed by atoms with Crippen molar-refractivity contribution in [1.29, 1.82) is 0 Å². The molecule has 1 aromatic heterocycles. The molecule has 1 aliphatic carbocycles. The second kappa shape index (κ2) is 6.20. The van der Waals surface area contributed by atoms with Crippen LogP contribution >= 0.6 is 11.6 Å². The minimum atomic E-state index is 0.318. The molecule has 0 bridgehead atoms. The van der Waals surface area contributed by atoms with Gasteiger partial charge in [-0.2, -0.15) is 0 Å². The van der Waals surface area contributed by atoms with Crippen molar-refractivity contribution < 1.29 is 0 Å². The molecule has 1 unspecified atom stereocenters. The number of benzene rings is 1. The molecule has 4 heteroatoms. The van der Waals surface area contributed by atoms with Gasteiger partial charge in [-0.15, -0.1) is 0 Å². The maximum Gasteiger partial charge on any atom is 0.0998 e. The molecular weight excluding hydrogens is 282 g/mol. The lowest BCUT2D eigenvalue weighted by Gasteiger charge is -2.17. The number of fused-ring (bicyclic) bond motifs is 1. The first-order valence-electron chi connectivity index (χ1n) is 7.79. The lowest BCUT2D eigenvalue weighted by Crippen LogP contribution is -2.17. The van der Waals surface area contributed by atoms with E-state index in [9.17, 15) is 0 Å². The van der Waals surface area contributed by atoms with Gasteiger partial charge in [0.2, 0.25) is 0 Å². The quantitative estimate of drug-likeness (QED) is 0.922. The summed E-state index contributed by atoms with van der Waals surface area (Å²) < 4.78 is 2.17. The average molecular weight is 304 g/mol. The number of aryl methyl sites for hydroxylation is 1. The highest BCUT2D eigenvalue weighted by atomic mass is 35.5. The van der Waals surface area contributed by atoms with Gasteiger partial charge in [-0.3, -0.25) is 0 Å². The minimum Gasteiger partial charge on any atom is -0.310 e. The monoisotopic (exact) mass is 303 g/mol. The summed E-state index contributed by atoms with van der Waals surface area (Å²) in [6.45, 7) is 5.23. The van der Waals surface area contributed by atoms with Crippen LogP contribution in [0.2, 0.25) is 5.02 Å². The third kappa shape index (κ3) is 2.85. The van der Waals surface area contributed by atoms with E-state index in [0.717, 1.165) is 30.1 Å². The average Bonchev–Trinajstić information content (AvgIpc) is 2.91. The van der Waals surface area contributed by atoms with E-state index in [1.54, 1.807) is 0 Å². The lowest BCUT2D eigenvalue weighted by atomic mass is 10.0. The second-order valence-corrected chi connectivity index (χ2v) is 6.11. The molecule has 0 fully saturated rings. The predicted octanol–water partition coefficient (Wildman–Crippen LogP) is 4.08. The van der Waals surface area contributed by atoms with E-state index in [1.807, 2.05) is 6.33 Å². The normalized spacial score (nSPS) is 15.8. The van der Waals surface area contributed by atoms with E-state index in [1.165, 1.54) is 29.8 Å². The van der Waals surface area contributed by atoms with Crippen LogP contribution in [0.4, 0.5) is 0 Å². The number of hydrogen-bond donors (Lipinski definition) is 1. The van der Waals surface area contributed by atoms with Crippen molar-refractivity contribution in [3.8, 4) is 5.69 Å². The molecule has 1 aliphatic rings. The van der Waals surface area contributed by atoms with E-state index in [2.05, 4.69) is 46.9 Å². The molecule has 0 saturated heterocycles. The summed E-state index contributed by atoms with van der Waals surface area (Å²) in [5.41, 5.74) is 4.83. The van der Waals surface area contributed by atoms with E-state index < -0.39 is 0 Å². The van der Waals surface area contributed by atoms with Gasteiger partial charge in [0, 0.05) is 11.7 Å². The van der Waals surface area contributed by atoms with Crippen molar-refractivity contribution in [3.63, 3.8) is 0 Å². The molecule has 0 aliphatic heterocycles. The van der Waals surface area contributed by atoms with Gasteiger partial charge in [0.15, 0.2) is 0 Å². The minimum absolute atomic E-state index is 0.318. The standard InChI is InChI=1S/C17H22ClN3/c1-3-19-12(2)13-8-9-16(14(18)10-13)21-11-20-15-6-4-5-7-17(15)21/h8-12,19H,3-7H2,1-2H3. The Balaban J connectivity index is 1.94. The zero-order valence-electron chi connectivity index (χ0n) is 12.7. The van der Waals surface area contributed by atoms with Gasteiger partial charge in [-0.1, -0.05) is 24.6 Å². The fourth-order valence-corrected chi connectivity index (χ4v) is 3.37. The summed E-state index contributed by atoms with van der Waals surface area (Å²) in [4.78, 5) is 4.55. The summed E-state index contributed by atoms with van der Waals surface area (Å²) >= 11 is 6.53. The number of imidazole rings is 1. The largest absolute Gasteiger partial charge is 0.310 e. The van der Waals surface area contributed by atoms with Crippen LogP contribution in [-0.4, -0.2) is 16.1 Å². The van der Waals surface area contributed by atoms with Gasteiger partial charge in [0.25, 0.3) is 0 Å². The van der Waals surface area contributed by atoms with Gasteiger partial charge in [-0.05, 0) is 56.8 Å². The summed E-state index contributed by atoms with van der Waals surface area (Å²) in [6, 6.07) is 6.66. The van der Waals surface area contributed by atoms with Crippen molar-refractivity contribution in [1.82, 2.24) is 14.9 Å². The van der Waals surface area contributed by atoms with Crippen LogP contribution in [0.1, 0.15) is 49.7 Å². The summed E-state index contributed by atoms with van der Waals surface area (Å²) in [5, 5.41) is 4.21. The first-order valence-corrected chi connectivity index (χ1v) is 8.16. The number of aromatic nitrogens is 2. The predicted molar refractivity (Wildman–Crippen MR) is 87.3 cm³/mol. The van der Waals surface area contributed by atoms with Crippen LogP contribution in [0.15, 0.2) is 24.5 Å². The van der Waals surface area contributed by atoms with E-state index >= 15 is 0 Å². The van der Waals surface area contributed by atoms with Crippen molar-refractivity contribution in [2.45, 2.75) is 45.6 Å². The van der Waals surface area contributed by atoms with E-state index in [0.29, 0.717) is 6.04 Å². The molecule has 1 atom stereocenters. The van der Waals surface area contributed by atoms with Gasteiger partial charge in [-0.25, -0.2) is 4.98 Å². The van der Waals surface area contributed by atoms with Crippen LogP contribution < -0.4 is 5.32 Å². The second-order valence-electron chi connectivity index (χ2n) is 5.71. The SMILES string of the molecule is CCNC(C)c1ccc(-n2cnc3c2CCCC3)c(Cl)c1. The molecule has 3 nitrogen and oxygen atoms in total. The lowest BCUT2D eigenvalue weighted by molar-refractivity contribution is 0.598. The molecule has 0 amide bonds. The Kier molecular flexibility index (Phi) is 4.32.